The van der Waals surface area contributed by atoms with Crippen molar-refractivity contribution in [1.82, 2.24) is 0 Å². The van der Waals surface area contributed by atoms with Crippen molar-refractivity contribution >= 4 is 17.7 Å². The zero-order valence-corrected chi connectivity index (χ0v) is 9.61. The van der Waals surface area contributed by atoms with Crippen LogP contribution in [0.15, 0.2) is 0 Å². The molecule has 16 heavy (non-hydrogen) atoms. The summed E-state index contributed by atoms with van der Waals surface area (Å²) in [7, 11) is 2.03. The van der Waals surface area contributed by atoms with Crippen molar-refractivity contribution in [2.45, 2.75) is 31.8 Å². The molecule has 0 aromatic carbocycles. The highest BCUT2D eigenvalue weighted by atomic mass is 16.5. The minimum Gasteiger partial charge on any atom is -0.467 e. The fraction of sp³-hybridized carbons (Fsp3) is 0.700. The SMILES string of the molecule is CCCC[C@](O)(C(=O)OC)C(=O)C(=O)OC. The Balaban J connectivity index is 4.98. The third kappa shape index (κ3) is 3.03. The van der Waals surface area contributed by atoms with Crippen LogP contribution in [0.25, 0.3) is 0 Å². The van der Waals surface area contributed by atoms with E-state index in [1.165, 1.54) is 0 Å². The molecule has 0 bridgehead atoms. The standard InChI is InChI=1S/C10H16O6/c1-4-5-6-10(14,9(13)16-3)7(11)8(12)15-2/h14H,4-6H2,1-3H3/t10-/m1/s1. The van der Waals surface area contributed by atoms with Crippen LogP contribution < -0.4 is 0 Å². The molecular formula is C10H16O6. The van der Waals surface area contributed by atoms with Gasteiger partial charge in [0, 0.05) is 0 Å². The van der Waals surface area contributed by atoms with Gasteiger partial charge in [0.2, 0.25) is 5.60 Å². The van der Waals surface area contributed by atoms with Crippen LogP contribution >= 0.6 is 0 Å². The van der Waals surface area contributed by atoms with Crippen molar-refractivity contribution < 1.29 is 29.0 Å². The summed E-state index contributed by atoms with van der Waals surface area (Å²) in [5.74, 6) is -3.70. The number of esters is 2. The van der Waals surface area contributed by atoms with E-state index in [0.29, 0.717) is 12.8 Å². The van der Waals surface area contributed by atoms with Crippen LogP contribution in [0.5, 0.6) is 0 Å². The first-order chi connectivity index (χ1) is 7.43. The molecule has 0 saturated heterocycles. The number of ketones is 1. The van der Waals surface area contributed by atoms with E-state index < -0.39 is 23.3 Å². The van der Waals surface area contributed by atoms with Crippen LogP contribution in [0.2, 0.25) is 0 Å². The molecule has 1 atom stereocenters. The molecule has 92 valence electrons. The van der Waals surface area contributed by atoms with Crippen LogP contribution in [0.4, 0.5) is 0 Å². The molecule has 0 rings (SSSR count). The van der Waals surface area contributed by atoms with Gasteiger partial charge in [-0.1, -0.05) is 13.3 Å². The lowest BCUT2D eigenvalue weighted by molar-refractivity contribution is -0.175. The lowest BCUT2D eigenvalue weighted by atomic mass is 9.92. The van der Waals surface area contributed by atoms with Gasteiger partial charge < -0.3 is 14.6 Å². The second-order valence-electron chi connectivity index (χ2n) is 3.28. The molecule has 0 aliphatic heterocycles. The largest absolute Gasteiger partial charge is 0.467 e. The van der Waals surface area contributed by atoms with E-state index in [2.05, 4.69) is 9.47 Å². The Morgan fingerprint density at radius 1 is 1.19 bits per heavy atom. The van der Waals surface area contributed by atoms with Gasteiger partial charge in [0.15, 0.2) is 0 Å². The molecule has 0 radical (unpaired) electrons. The summed E-state index contributed by atoms with van der Waals surface area (Å²) in [5.41, 5.74) is -2.43. The lowest BCUT2D eigenvalue weighted by Crippen LogP contribution is -2.51. The van der Waals surface area contributed by atoms with Crippen molar-refractivity contribution in [2.24, 2.45) is 0 Å². The summed E-state index contributed by atoms with van der Waals surface area (Å²) in [4.78, 5) is 33.8. The molecule has 0 aliphatic rings. The third-order valence-electron chi connectivity index (χ3n) is 2.16. The highest BCUT2D eigenvalue weighted by Crippen LogP contribution is 2.18. The van der Waals surface area contributed by atoms with Gasteiger partial charge in [-0.15, -0.1) is 0 Å². The molecule has 0 heterocycles. The van der Waals surface area contributed by atoms with E-state index >= 15 is 0 Å². The average Bonchev–Trinajstić information content (AvgIpc) is 2.32. The molecule has 0 amide bonds. The topological polar surface area (TPSA) is 89.9 Å². The van der Waals surface area contributed by atoms with Crippen molar-refractivity contribution in [3.05, 3.63) is 0 Å². The smallest absolute Gasteiger partial charge is 0.378 e. The van der Waals surface area contributed by atoms with E-state index in [-0.39, 0.29) is 6.42 Å². The highest BCUT2D eigenvalue weighted by Gasteiger charge is 2.48. The van der Waals surface area contributed by atoms with Crippen molar-refractivity contribution in [1.29, 1.82) is 0 Å². The first-order valence-corrected chi connectivity index (χ1v) is 4.87. The molecule has 0 fully saturated rings. The minimum atomic E-state index is -2.43. The number of methoxy groups -OCH3 is 2. The van der Waals surface area contributed by atoms with Gasteiger partial charge >= 0.3 is 11.9 Å². The Kier molecular flexibility index (Phi) is 5.66. The predicted octanol–water partition coefficient (Wildman–Crippen LogP) is -0.177. The molecule has 0 aromatic rings. The first-order valence-electron chi connectivity index (χ1n) is 4.87. The second kappa shape index (κ2) is 6.22. The van der Waals surface area contributed by atoms with Gasteiger partial charge in [-0.3, -0.25) is 4.79 Å². The first kappa shape index (κ1) is 14.6. The maximum atomic E-state index is 11.5. The minimum absolute atomic E-state index is 0.163. The van der Waals surface area contributed by atoms with Crippen molar-refractivity contribution in [3.63, 3.8) is 0 Å². The number of hydrogen-bond acceptors (Lipinski definition) is 6. The zero-order valence-electron chi connectivity index (χ0n) is 9.61. The molecule has 0 aromatic heterocycles. The monoisotopic (exact) mass is 232 g/mol. The molecule has 1 N–H and O–H groups in total. The lowest BCUT2D eigenvalue weighted by Gasteiger charge is -2.21. The Morgan fingerprint density at radius 2 is 1.75 bits per heavy atom. The molecular weight excluding hydrogens is 216 g/mol. The van der Waals surface area contributed by atoms with Gasteiger partial charge in [0.1, 0.15) is 0 Å². The van der Waals surface area contributed by atoms with Crippen molar-refractivity contribution in [2.75, 3.05) is 14.2 Å². The van der Waals surface area contributed by atoms with E-state index in [4.69, 9.17) is 0 Å². The number of hydrogen-bond donors (Lipinski definition) is 1. The molecule has 0 unspecified atom stereocenters. The Hall–Kier alpha value is -1.43. The summed E-state index contributed by atoms with van der Waals surface area (Å²) in [5, 5.41) is 9.86. The average molecular weight is 232 g/mol. The maximum absolute atomic E-state index is 11.5. The highest BCUT2D eigenvalue weighted by molar-refractivity contribution is 6.41. The zero-order chi connectivity index (χ0) is 12.8. The summed E-state index contributed by atoms with van der Waals surface area (Å²) in [6.07, 6.45) is 0.909. The van der Waals surface area contributed by atoms with Crippen molar-refractivity contribution in [3.8, 4) is 0 Å². The Morgan fingerprint density at radius 3 is 2.12 bits per heavy atom. The number of unbranched alkanes of at least 4 members (excludes halogenated alkanes) is 1. The summed E-state index contributed by atoms with van der Waals surface area (Å²) in [6, 6.07) is 0. The summed E-state index contributed by atoms with van der Waals surface area (Å²) >= 11 is 0. The van der Waals surface area contributed by atoms with E-state index in [1.807, 2.05) is 6.92 Å². The third-order valence-corrected chi connectivity index (χ3v) is 2.16. The maximum Gasteiger partial charge on any atom is 0.378 e. The second-order valence-corrected chi connectivity index (χ2v) is 3.28. The van der Waals surface area contributed by atoms with Gasteiger partial charge in [-0.2, -0.15) is 0 Å². The fourth-order valence-electron chi connectivity index (χ4n) is 1.17. The normalized spacial score (nSPS) is 13.8. The van der Waals surface area contributed by atoms with Crippen LogP contribution in [0.3, 0.4) is 0 Å². The van der Waals surface area contributed by atoms with Crippen LogP contribution in [-0.4, -0.2) is 42.6 Å². The Bertz CT molecular complexity index is 285. The molecule has 0 saturated carbocycles. The van der Waals surface area contributed by atoms with Gasteiger partial charge in [0.05, 0.1) is 14.2 Å². The number of rotatable bonds is 6. The fourth-order valence-corrected chi connectivity index (χ4v) is 1.17. The predicted molar refractivity (Wildman–Crippen MR) is 53.5 cm³/mol. The molecule has 0 spiro atoms. The van der Waals surface area contributed by atoms with Crippen LogP contribution in [-0.2, 0) is 23.9 Å². The summed E-state index contributed by atoms with van der Waals surface area (Å²) < 4.78 is 8.49. The molecule has 6 nitrogen and oxygen atoms in total. The van der Waals surface area contributed by atoms with E-state index in [1.54, 1.807) is 0 Å². The van der Waals surface area contributed by atoms with Gasteiger partial charge in [-0.25, -0.2) is 9.59 Å². The number of Topliss-reactive ketones (excluding diaryl/α,β-unsaturated/α-hetero) is 1. The molecule has 6 heteroatoms. The quantitative estimate of drug-likeness (QED) is 0.388. The number of carbonyl (C=O) groups excluding carboxylic acids is 3. The number of carbonyl (C=O) groups is 3. The van der Waals surface area contributed by atoms with Gasteiger partial charge in [-0.05, 0) is 12.8 Å². The van der Waals surface area contributed by atoms with E-state index in [9.17, 15) is 19.5 Å². The van der Waals surface area contributed by atoms with E-state index in [0.717, 1.165) is 14.2 Å². The van der Waals surface area contributed by atoms with Crippen LogP contribution in [0.1, 0.15) is 26.2 Å². The number of ether oxygens (including phenoxy) is 2. The summed E-state index contributed by atoms with van der Waals surface area (Å²) in [6.45, 7) is 1.82. The Labute approximate surface area is 93.5 Å². The van der Waals surface area contributed by atoms with Crippen LogP contribution in [0, 0.1) is 0 Å². The van der Waals surface area contributed by atoms with Gasteiger partial charge in [0.25, 0.3) is 5.78 Å². The number of aliphatic hydroxyl groups is 1. The molecule has 0 aliphatic carbocycles.